The van der Waals surface area contributed by atoms with E-state index in [1.165, 1.54) is 76.2 Å². The highest BCUT2D eigenvalue weighted by Crippen LogP contribution is 2.40. The lowest BCUT2D eigenvalue weighted by Gasteiger charge is -2.31. The van der Waals surface area contributed by atoms with E-state index in [9.17, 15) is 13.2 Å². The topological polar surface area (TPSA) is 0 Å². The molecule has 1 aromatic rings. The fraction of sp³-hybridized carbons (Fsp3) is 0.615. The molecule has 0 unspecified atom stereocenters. The molecular formula is C26H35F3. The number of unbranched alkanes of at least 4 members (excludes halogenated alkanes) is 5. The molecule has 0 spiro atoms. The van der Waals surface area contributed by atoms with Crippen LogP contribution in [0.1, 0.15) is 96.0 Å². The Morgan fingerprint density at radius 1 is 0.793 bits per heavy atom. The standard InChI is InChI=1S/C26H35F3/c1-2-3-4-5-6-7-8-19-9-11-20(12-10-19)21-13-15-22(16-14-21)23-17-24(27)26(29)25(28)18-23/h13,15,17-20H,2-12,14,16H2,1H3. The van der Waals surface area contributed by atoms with Gasteiger partial charge >= 0.3 is 0 Å². The summed E-state index contributed by atoms with van der Waals surface area (Å²) in [5.74, 6) is -2.05. The van der Waals surface area contributed by atoms with Crippen molar-refractivity contribution in [1.29, 1.82) is 0 Å². The van der Waals surface area contributed by atoms with E-state index in [1.807, 2.05) is 6.08 Å². The van der Waals surface area contributed by atoms with Crippen molar-refractivity contribution >= 4 is 5.57 Å². The van der Waals surface area contributed by atoms with Gasteiger partial charge < -0.3 is 0 Å². The summed E-state index contributed by atoms with van der Waals surface area (Å²) in [6.07, 6.45) is 20.7. The van der Waals surface area contributed by atoms with E-state index in [1.54, 1.807) is 0 Å². The Kier molecular flexibility index (Phi) is 8.44. The molecular weight excluding hydrogens is 369 g/mol. The fourth-order valence-electron chi connectivity index (χ4n) is 5.01. The maximum Gasteiger partial charge on any atom is 0.194 e. The highest BCUT2D eigenvalue weighted by molar-refractivity contribution is 5.69. The quantitative estimate of drug-likeness (QED) is 0.285. The van der Waals surface area contributed by atoms with Gasteiger partial charge in [0.05, 0.1) is 0 Å². The summed E-state index contributed by atoms with van der Waals surface area (Å²) in [5, 5.41) is 0. The van der Waals surface area contributed by atoms with Crippen molar-refractivity contribution in [1.82, 2.24) is 0 Å². The van der Waals surface area contributed by atoms with E-state index in [2.05, 4.69) is 13.0 Å². The summed E-state index contributed by atoms with van der Waals surface area (Å²) in [6, 6.07) is 2.22. The molecule has 0 aliphatic heterocycles. The van der Waals surface area contributed by atoms with Crippen LogP contribution in [0.25, 0.3) is 5.57 Å². The van der Waals surface area contributed by atoms with Crippen LogP contribution in [-0.2, 0) is 0 Å². The van der Waals surface area contributed by atoms with Crippen LogP contribution in [-0.4, -0.2) is 0 Å². The molecule has 0 bridgehead atoms. The first-order valence-corrected chi connectivity index (χ1v) is 11.6. The van der Waals surface area contributed by atoms with Crippen LogP contribution in [0.3, 0.4) is 0 Å². The minimum absolute atomic E-state index is 0.458. The summed E-state index contributed by atoms with van der Waals surface area (Å²) < 4.78 is 40.2. The Bertz CT molecular complexity index is 700. The van der Waals surface area contributed by atoms with Crippen LogP contribution >= 0.6 is 0 Å². The monoisotopic (exact) mass is 404 g/mol. The zero-order valence-corrected chi connectivity index (χ0v) is 17.8. The average molecular weight is 405 g/mol. The summed E-state index contributed by atoms with van der Waals surface area (Å²) in [4.78, 5) is 0. The lowest BCUT2D eigenvalue weighted by Crippen LogP contribution is -2.17. The summed E-state index contributed by atoms with van der Waals surface area (Å²) in [6.45, 7) is 2.26. The van der Waals surface area contributed by atoms with Gasteiger partial charge in [-0.25, -0.2) is 13.2 Å². The predicted octanol–water partition coefficient (Wildman–Crippen LogP) is 8.76. The molecule has 2 aliphatic rings. The molecule has 0 heterocycles. The van der Waals surface area contributed by atoms with Gasteiger partial charge in [-0.15, -0.1) is 0 Å². The summed E-state index contributed by atoms with van der Waals surface area (Å²) in [5.41, 5.74) is 2.83. The maximum absolute atomic E-state index is 13.5. The first-order valence-electron chi connectivity index (χ1n) is 11.6. The molecule has 29 heavy (non-hydrogen) atoms. The predicted molar refractivity (Wildman–Crippen MR) is 115 cm³/mol. The second-order valence-electron chi connectivity index (χ2n) is 8.96. The van der Waals surface area contributed by atoms with Gasteiger partial charge in [0.1, 0.15) is 0 Å². The van der Waals surface area contributed by atoms with Crippen molar-refractivity contribution in [3.05, 3.63) is 52.9 Å². The molecule has 0 N–H and O–H groups in total. The Morgan fingerprint density at radius 2 is 1.45 bits per heavy atom. The normalized spacial score (nSPS) is 22.3. The van der Waals surface area contributed by atoms with Crippen LogP contribution in [0.2, 0.25) is 0 Å². The lowest BCUT2D eigenvalue weighted by molar-refractivity contribution is 0.278. The van der Waals surface area contributed by atoms with Crippen molar-refractivity contribution < 1.29 is 13.2 Å². The first-order chi connectivity index (χ1) is 14.1. The average Bonchev–Trinajstić information content (AvgIpc) is 2.75. The molecule has 3 rings (SSSR count). The largest absolute Gasteiger partial charge is 0.204 e. The molecule has 2 aliphatic carbocycles. The molecule has 0 nitrogen and oxygen atoms in total. The van der Waals surface area contributed by atoms with Gasteiger partial charge in [0.2, 0.25) is 0 Å². The maximum atomic E-state index is 13.5. The molecule has 1 saturated carbocycles. The molecule has 1 fully saturated rings. The van der Waals surface area contributed by atoms with Gasteiger partial charge in [-0.2, -0.15) is 0 Å². The molecule has 0 atom stereocenters. The SMILES string of the molecule is CCCCCCCCC1CCC(C2=CC=C(c3cc(F)c(F)c(F)c3)CC2)CC1. The minimum atomic E-state index is -1.39. The number of halogens is 3. The van der Waals surface area contributed by atoms with Crippen LogP contribution < -0.4 is 0 Å². The Balaban J connectivity index is 1.46. The second-order valence-corrected chi connectivity index (χ2v) is 8.96. The molecule has 0 aromatic heterocycles. The second kappa shape index (κ2) is 11.0. The first kappa shape index (κ1) is 22.2. The summed E-state index contributed by atoms with van der Waals surface area (Å²) >= 11 is 0. The third kappa shape index (κ3) is 6.23. The number of hydrogen-bond donors (Lipinski definition) is 0. The van der Waals surface area contributed by atoms with Crippen LogP contribution in [0.4, 0.5) is 13.2 Å². The van der Waals surface area contributed by atoms with Crippen molar-refractivity contribution in [2.24, 2.45) is 11.8 Å². The van der Waals surface area contributed by atoms with E-state index < -0.39 is 17.5 Å². The van der Waals surface area contributed by atoms with E-state index >= 15 is 0 Å². The third-order valence-corrected chi connectivity index (χ3v) is 6.87. The zero-order valence-electron chi connectivity index (χ0n) is 17.8. The van der Waals surface area contributed by atoms with Gasteiger partial charge in [0, 0.05) is 0 Å². The van der Waals surface area contributed by atoms with E-state index in [0.717, 1.165) is 36.5 Å². The van der Waals surface area contributed by atoms with E-state index in [-0.39, 0.29) is 0 Å². The van der Waals surface area contributed by atoms with Crippen molar-refractivity contribution in [2.75, 3.05) is 0 Å². The van der Waals surface area contributed by atoms with E-state index in [0.29, 0.717) is 11.5 Å². The number of allylic oxidation sites excluding steroid dienone is 4. The third-order valence-electron chi connectivity index (χ3n) is 6.87. The van der Waals surface area contributed by atoms with Gasteiger partial charge in [-0.3, -0.25) is 0 Å². The van der Waals surface area contributed by atoms with Gasteiger partial charge in [0.25, 0.3) is 0 Å². The Hall–Kier alpha value is -1.51. The lowest BCUT2D eigenvalue weighted by atomic mass is 9.74. The van der Waals surface area contributed by atoms with Crippen molar-refractivity contribution in [2.45, 2.75) is 90.4 Å². The highest BCUT2D eigenvalue weighted by Gasteiger charge is 2.24. The molecule has 160 valence electrons. The Labute approximate surface area is 174 Å². The minimum Gasteiger partial charge on any atom is -0.204 e. The molecule has 0 radical (unpaired) electrons. The molecule has 3 heteroatoms. The van der Waals surface area contributed by atoms with Crippen LogP contribution in [0, 0.1) is 29.3 Å². The van der Waals surface area contributed by atoms with Crippen LogP contribution in [0.5, 0.6) is 0 Å². The van der Waals surface area contributed by atoms with Crippen LogP contribution in [0.15, 0.2) is 29.9 Å². The van der Waals surface area contributed by atoms with Crippen molar-refractivity contribution in [3.63, 3.8) is 0 Å². The Morgan fingerprint density at radius 3 is 2.07 bits per heavy atom. The molecule has 0 amide bonds. The fourth-order valence-corrected chi connectivity index (χ4v) is 5.01. The van der Waals surface area contributed by atoms with Gasteiger partial charge in [0.15, 0.2) is 17.5 Å². The molecule has 1 aromatic carbocycles. The number of rotatable bonds is 9. The summed E-state index contributed by atoms with van der Waals surface area (Å²) in [7, 11) is 0. The van der Waals surface area contributed by atoms with Crippen molar-refractivity contribution in [3.8, 4) is 0 Å². The smallest absolute Gasteiger partial charge is 0.194 e. The molecule has 0 saturated heterocycles. The number of benzene rings is 1. The van der Waals surface area contributed by atoms with Gasteiger partial charge in [-0.1, -0.05) is 69.6 Å². The number of hydrogen-bond acceptors (Lipinski definition) is 0. The van der Waals surface area contributed by atoms with E-state index in [4.69, 9.17) is 0 Å². The highest BCUT2D eigenvalue weighted by atomic mass is 19.2. The van der Waals surface area contributed by atoms with Gasteiger partial charge in [-0.05, 0) is 73.6 Å². The zero-order chi connectivity index (χ0) is 20.6.